The molecule has 17 heavy (non-hydrogen) atoms. The Hall–Kier alpha value is -0.0800. The predicted octanol–water partition coefficient (Wildman–Crippen LogP) is 2.91. The topological polar surface area (TPSA) is 29.3 Å². The highest BCUT2D eigenvalue weighted by atomic mass is 15.2. The largest absolute Gasteiger partial charge is 0.329 e. The van der Waals surface area contributed by atoms with Crippen LogP contribution in [0.5, 0.6) is 0 Å². The molecule has 1 aliphatic heterocycles. The Morgan fingerprint density at radius 2 is 1.65 bits per heavy atom. The Morgan fingerprint density at radius 1 is 0.941 bits per heavy atom. The van der Waals surface area contributed by atoms with E-state index >= 15 is 0 Å². The lowest BCUT2D eigenvalue weighted by Gasteiger charge is -2.42. The molecule has 0 radical (unpaired) electrons. The predicted molar refractivity (Wildman–Crippen MR) is 71.9 cm³/mol. The van der Waals surface area contributed by atoms with Gasteiger partial charge in [0.25, 0.3) is 0 Å². The third-order valence-electron chi connectivity index (χ3n) is 5.84. The van der Waals surface area contributed by atoms with E-state index < -0.39 is 0 Å². The summed E-state index contributed by atoms with van der Waals surface area (Å²) in [6, 6.07) is 1.58. The lowest BCUT2D eigenvalue weighted by molar-refractivity contribution is 0.0846. The highest BCUT2D eigenvalue weighted by molar-refractivity contribution is 4.94. The standard InChI is InChI=1S/C15H28N2/c16-12-14-4-3-11-17(14)13-5-9-15(10-6-13)7-1-2-8-15/h13-14H,1-12,16H2. The summed E-state index contributed by atoms with van der Waals surface area (Å²) in [5.74, 6) is 0. The Balaban J connectivity index is 1.57. The van der Waals surface area contributed by atoms with Crippen LogP contribution in [0.15, 0.2) is 0 Å². The first kappa shape index (κ1) is 12.0. The minimum absolute atomic E-state index is 0.706. The van der Waals surface area contributed by atoms with Crippen molar-refractivity contribution in [3.05, 3.63) is 0 Å². The Kier molecular flexibility index (Phi) is 3.45. The number of hydrogen-bond acceptors (Lipinski definition) is 2. The van der Waals surface area contributed by atoms with E-state index in [9.17, 15) is 0 Å². The fraction of sp³-hybridized carbons (Fsp3) is 1.00. The second kappa shape index (κ2) is 4.89. The summed E-state index contributed by atoms with van der Waals surface area (Å²) < 4.78 is 0. The molecule has 2 saturated carbocycles. The third kappa shape index (κ3) is 2.26. The fourth-order valence-electron chi connectivity index (χ4n) is 4.76. The highest BCUT2D eigenvalue weighted by Crippen LogP contribution is 2.50. The van der Waals surface area contributed by atoms with Crippen molar-refractivity contribution in [2.45, 2.75) is 76.3 Å². The van der Waals surface area contributed by atoms with Gasteiger partial charge in [0.05, 0.1) is 0 Å². The van der Waals surface area contributed by atoms with Gasteiger partial charge in [0.2, 0.25) is 0 Å². The van der Waals surface area contributed by atoms with Crippen molar-refractivity contribution in [3.8, 4) is 0 Å². The van der Waals surface area contributed by atoms with Gasteiger partial charge in [0.1, 0.15) is 0 Å². The smallest absolute Gasteiger partial charge is 0.0221 e. The van der Waals surface area contributed by atoms with Crippen LogP contribution in [0, 0.1) is 5.41 Å². The first-order chi connectivity index (χ1) is 8.33. The molecular weight excluding hydrogens is 208 g/mol. The van der Waals surface area contributed by atoms with Crippen molar-refractivity contribution in [3.63, 3.8) is 0 Å². The number of hydrogen-bond donors (Lipinski definition) is 1. The molecule has 3 rings (SSSR count). The molecule has 1 heterocycles. The van der Waals surface area contributed by atoms with Crippen LogP contribution < -0.4 is 5.73 Å². The van der Waals surface area contributed by atoms with Gasteiger partial charge in [0.15, 0.2) is 0 Å². The molecule has 3 aliphatic rings. The molecule has 0 amide bonds. The Bertz CT molecular complexity index is 248. The lowest BCUT2D eigenvalue weighted by atomic mass is 9.71. The molecule has 3 fully saturated rings. The van der Waals surface area contributed by atoms with Crippen molar-refractivity contribution in [1.82, 2.24) is 4.90 Å². The Labute approximate surface area is 106 Å². The molecule has 2 nitrogen and oxygen atoms in total. The van der Waals surface area contributed by atoms with Crippen LogP contribution in [0.4, 0.5) is 0 Å². The third-order valence-corrected chi connectivity index (χ3v) is 5.84. The quantitative estimate of drug-likeness (QED) is 0.799. The molecule has 1 unspecified atom stereocenters. The highest BCUT2D eigenvalue weighted by Gasteiger charge is 2.40. The SMILES string of the molecule is NCC1CCCN1C1CCC2(CCCC2)CC1. The maximum atomic E-state index is 5.90. The molecule has 1 saturated heterocycles. The summed E-state index contributed by atoms with van der Waals surface area (Å²) in [5, 5.41) is 0. The summed E-state index contributed by atoms with van der Waals surface area (Å²) in [7, 11) is 0. The van der Waals surface area contributed by atoms with Crippen LogP contribution in [0.3, 0.4) is 0 Å². The fourth-order valence-corrected chi connectivity index (χ4v) is 4.76. The molecule has 98 valence electrons. The molecule has 0 bridgehead atoms. The number of likely N-dealkylation sites (tertiary alicyclic amines) is 1. The molecule has 1 atom stereocenters. The van der Waals surface area contributed by atoms with Crippen molar-refractivity contribution >= 4 is 0 Å². The van der Waals surface area contributed by atoms with Crippen molar-refractivity contribution in [2.24, 2.45) is 11.1 Å². The summed E-state index contributed by atoms with van der Waals surface area (Å²) in [6.07, 6.45) is 14.7. The molecule has 2 aliphatic carbocycles. The second-order valence-corrected chi connectivity index (χ2v) is 6.71. The van der Waals surface area contributed by atoms with Crippen molar-refractivity contribution in [2.75, 3.05) is 13.1 Å². The van der Waals surface area contributed by atoms with E-state index in [1.807, 2.05) is 0 Å². The molecule has 0 aromatic heterocycles. The van der Waals surface area contributed by atoms with Crippen LogP contribution >= 0.6 is 0 Å². The molecule has 1 spiro atoms. The van der Waals surface area contributed by atoms with E-state index in [0.29, 0.717) is 6.04 Å². The van der Waals surface area contributed by atoms with Crippen LogP contribution in [0.25, 0.3) is 0 Å². The zero-order valence-electron chi connectivity index (χ0n) is 11.2. The number of nitrogens with two attached hydrogens (primary N) is 1. The van der Waals surface area contributed by atoms with Gasteiger partial charge in [-0.25, -0.2) is 0 Å². The summed E-state index contributed by atoms with van der Waals surface area (Å²) in [6.45, 7) is 2.20. The van der Waals surface area contributed by atoms with Gasteiger partial charge in [-0.05, 0) is 63.3 Å². The first-order valence-electron chi connectivity index (χ1n) is 7.79. The molecule has 2 N–H and O–H groups in total. The minimum Gasteiger partial charge on any atom is -0.329 e. The maximum absolute atomic E-state index is 5.90. The van der Waals surface area contributed by atoms with E-state index in [4.69, 9.17) is 5.73 Å². The van der Waals surface area contributed by atoms with Gasteiger partial charge in [0, 0.05) is 18.6 Å². The monoisotopic (exact) mass is 236 g/mol. The van der Waals surface area contributed by atoms with E-state index in [1.165, 1.54) is 70.8 Å². The van der Waals surface area contributed by atoms with E-state index in [0.717, 1.165) is 18.0 Å². The van der Waals surface area contributed by atoms with Gasteiger partial charge in [-0.2, -0.15) is 0 Å². The first-order valence-corrected chi connectivity index (χ1v) is 7.79. The molecule has 0 aromatic rings. The zero-order chi connectivity index (χ0) is 11.7. The number of rotatable bonds is 2. The van der Waals surface area contributed by atoms with E-state index in [1.54, 1.807) is 0 Å². The Morgan fingerprint density at radius 3 is 2.29 bits per heavy atom. The summed E-state index contributed by atoms with van der Waals surface area (Å²) in [5.41, 5.74) is 6.69. The molecular formula is C15H28N2. The summed E-state index contributed by atoms with van der Waals surface area (Å²) >= 11 is 0. The van der Waals surface area contributed by atoms with Gasteiger partial charge in [-0.15, -0.1) is 0 Å². The lowest BCUT2D eigenvalue weighted by Crippen LogP contribution is -2.45. The van der Waals surface area contributed by atoms with Crippen LogP contribution in [0.1, 0.15) is 64.2 Å². The van der Waals surface area contributed by atoms with Gasteiger partial charge in [-0.3, -0.25) is 4.90 Å². The van der Waals surface area contributed by atoms with Crippen LogP contribution in [0.2, 0.25) is 0 Å². The average molecular weight is 236 g/mol. The van der Waals surface area contributed by atoms with Gasteiger partial charge < -0.3 is 5.73 Å². The zero-order valence-corrected chi connectivity index (χ0v) is 11.2. The van der Waals surface area contributed by atoms with Gasteiger partial charge >= 0.3 is 0 Å². The molecule has 0 aromatic carbocycles. The molecule has 2 heteroatoms. The van der Waals surface area contributed by atoms with Crippen LogP contribution in [-0.4, -0.2) is 30.1 Å². The van der Waals surface area contributed by atoms with Crippen molar-refractivity contribution < 1.29 is 0 Å². The van der Waals surface area contributed by atoms with E-state index in [2.05, 4.69) is 4.90 Å². The summed E-state index contributed by atoms with van der Waals surface area (Å²) in [4.78, 5) is 2.75. The van der Waals surface area contributed by atoms with Crippen LogP contribution in [-0.2, 0) is 0 Å². The second-order valence-electron chi connectivity index (χ2n) is 6.71. The van der Waals surface area contributed by atoms with Crippen molar-refractivity contribution in [1.29, 1.82) is 0 Å². The number of nitrogens with zero attached hydrogens (tertiary/aromatic N) is 1. The minimum atomic E-state index is 0.706. The average Bonchev–Trinajstić information content (AvgIpc) is 3.00. The van der Waals surface area contributed by atoms with Gasteiger partial charge in [-0.1, -0.05) is 12.8 Å². The maximum Gasteiger partial charge on any atom is 0.0221 e. The van der Waals surface area contributed by atoms with E-state index in [-0.39, 0.29) is 0 Å². The normalized spacial score (nSPS) is 34.8.